The number of rotatable bonds is 5. The predicted octanol–water partition coefficient (Wildman–Crippen LogP) is 13.4. The normalized spacial score (nSPS) is 11.1. The van der Waals surface area contributed by atoms with Crippen molar-refractivity contribution in [3.63, 3.8) is 0 Å². The molecule has 0 bridgehead atoms. The van der Waals surface area contributed by atoms with Crippen LogP contribution in [0.3, 0.4) is 0 Å². The minimum Gasteiger partial charge on any atom is -0.308 e. The summed E-state index contributed by atoms with van der Waals surface area (Å²) in [6.45, 7) is 0. The van der Waals surface area contributed by atoms with Gasteiger partial charge in [0.1, 0.15) is 6.07 Å². The molecule has 0 saturated heterocycles. The summed E-state index contributed by atoms with van der Waals surface area (Å²) in [6, 6.07) is 69.1. The molecule has 0 fully saturated rings. The Morgan fingerprint density at radius 3 is 1.44 bits per heavy atom. The molecule has 0 aliphatic carbocycles. The lowest BCUT2D eigenvalue weighted by Crippen LogP contribution is -1.98. The first-order chi connectivity index (χ1) is 28.1. The zero-order valence-corrected chi connectivity index (χ0v) is 30.6. The lowest BCUT2D eigenvalue weighted by Gasteiger charge is -2.18. The molecular weight excluding hydrogens is 693 g/mol. The van der Waals surface area contributed by atoms with E-state index in [9.17, 15) is 15.8 Å². The fourth-order valence-electron chi connectivity index (χ4n) is 8.51. The molecule has 0 aliphatic heterocycles. The molecule has 0 amide bonds. The first-order valence-electron chi connectivity index (χ1n) is 18.8. The maximum absolute atomic E-state index is 10.5. The maximum Gasteiger partial charge on any atom is 0.101 e. The Morgan fingerprint density at radius 1 is 0.316 bits per heavy atom. The van der Waals surface area contributed by atoms with Gasteiger partial charge in [-0.2, -0.15) is 15.8 Å². The van der Waals surface area contributed by atoms with E-state index in [1.54, 1.807) is 0 Å². The minimum absolute atomic E-state index is 0.505. The second-order valence-electron chi connectivity index (χ2n) is 14.2. The Balaban J connectivity index is 1.07. The van der Waals surface area contributed by atoms with Gasteiger partial charge >= 0.3 is 0 Å². The molecule has 1 aromatic heterocycles. The van der Waals surface area contributed by atoms with Gasteiger partial charge in [-0.1, -0.05) is 127 Å². The summed E-state index contributed by atoms with van der Waals surface area (Å²) >= 11 is 0. The highest BCUT2D eigenvalue weighted by atomic mass is 15.0. The largest absolute Gasteiger partial charge is 0.308 e. The van der Waals surface area contributed by atoms with Gasteiger partial charge in [0.15, 0.2) is 0 Å². The molecule has 1 heterocycles. The van der Waals surface area contributed by atoms with Gasteiger partial charge < -0.3 is 4.57 Å². The number of hydrogen-bond donors (Lipinski definition) is 0. The number of hydrogen-bond acceptors (Lipinski definition) is 3. The van der Waals surface area contributed by atoms with Crippen LogP contribution in [0.15, 0.2) is 182 Å². The summed E-state index contributed by atoms with van der Waals surface area (Å²) in [6.07, 6.45) is 0. The van der Waals surface area contributed by atoms with Gasteiger partial charge in [0.2, 0.25) is 0 Å². The highest BCUT2D eigenvalue weighted by Crippen LogP contribution is 2.44. The van der Waals surface area contributed by atoms with Crippen molar-refractivity contribution < 1.29 is 0 Å². The molecule has 4 heteroatoms. The maximum atomic E-state index is 10.5. The Bertz CT molecular complexity index is 3310. The van der Waals surface area contributed by atoms with Crippen molar-refractivity contribution in [2.75, 3.05) is 0 Å². The fraction of sp³-hybridized carbons (Fsp3) is 0. The van der Waals surface area contributed by atoms with E-state index in [-0.39, 0.29) is 0 Å². The van der Waals surface area contributed by atoms with Crippen LogP contribution < -0.4 is 0 Å². The molecule has 10 aromatic rings. The van der Waals surface area contributed by atoms with Crippen molar-refractivity contribution in [1.29, 1.82) is 15.8 Å². The van der Waals surface area contributed by atoms with Crippen LogP contribution in [-0.2, 0) is 0 Å². The van der Waals surface area contributed by atoms with Crippen molar-refractivity contribution in [3.8, 4) is 68.4 Å². The van der Waals surface area contributed by atoms with Crippen molar-refractivity contribution in [2.45, 2.75) is 0 Å². The quantitative estimate of drug-likeness (QED) is 0.166. The highest BCUT2D eigenvalue weighted by molar-refractivity contribution is 6.21. The van der Waals surface area contributed by atoms with E-state index in [2.05, 4.69) is 132 Å². The lowest BCUT2D eigenvalue weighted by atomic mass is 9.85. The zero-order valence-electron chi connectivity index (χ0n) is 30.6. The van der Waals surface area contributed by atoms with Crippen LogP contribution in [0.25, 0.3) is 93.5 Å². The molecule has 9 aromatic carbocycles. The van der Waals surface area contributed by atoms with Gasteiger partial charge in [-0.25, -0.2) is 0 Å². The molecule has 0 aliphatic rings. The van der Waals surface area contributed by atoms with Gasteiger partial charge in [0.05, 0.1) is 45.5 Å². The topological polar surface area (TPSA) is 76.3 Å². The van der Waals surface area contributed by atoms with Crippen molar-refractivity contribution in [1.82, 2.24) is 4.57 Å². The van der Waals surface area contributed by atoms with Crippen molar-refractivity contribution >= 4 is 43.4 Å². The summed E-state index contributed by atoms with van der Waals surface area (Å²) < 4.78 is 2.09. The summed E-state index contributed by atoms with van der Waals surface area (Å²) in [5, 5.41) is 37.1. The molecule has 0 spiro atoms. The summed E-state index contributed by atoms with van der Waals surface area (Å²) in [7, 11) is 0. The standard InChI is InChI=1S/C53H30N4/c54-31-34-18-24-51-48(28-34)43-12-8-9-17-50(43)57(51)49-25-23-39(29-42(49)33-56)41-27-35(32-55)26-40(30-41)36-19-21-38(22-20-36)53-46-15-6-4-13-44(46)52(37-10-2-1-3-11-37)45-14-5-7-16-47(45)53/h1-30H. The summed E-state index contributed by atoms with van der Waals surface area (Å²) in [5.41, 5.74) is 12.6. The predicted molar refractivity (Wildman–Crippen MR) is 232 cm³/mol. The lowest BCUT2D eigenvalue weighted by molar-refractivity contribution is 1.17. The number of para-hydroxylation sites is 1. The van der Waals surface area contributed by atoms with E-state index in [1.807, 2.05) is 72.8 Å². The second-order valence-corrected chi connectivity index (χ2v) is 14.2. The molecule has 0 atom stereocenters. The third-order valence-corrected chi connectivity index (χ3v) is 11.1. The van der Waals surface area contributed by atoms with E-state index in [1.165, 1.54) is 38.2 Å². The smallest absolute Gasteiger partial charge is 0.101 e. The van der Waals surface area contributed by atoms with Crippen LogP contribution in [0.2, 0.25) is 0 Å². The van der Waals surface area contributed by atoms with E-state index in [0.29, 0.717) is 16.7 Å². The van der Waals surface area contributed by atoms with Crippen LogP contribution in [0.1, 0.15) is 16.7 Å². The van der Waals surface area contributed by atoms with Crippen LogP contribution in [0.4, 0.5) is 0 Å². The number of nitriles is 3. The van der Waals surface area contributed by atoms with E-state index < -0.39 is 0 Å². The van der Waals surface area contributed by atoms with Crippen molar-refractivity contribution in [2.24, 2.45) is 0 Å². The Kier molecular flexibility index (Phi) is 7.94. The number of aromatic nitrogens is 1. The molecule has 262 valence electrons. The second kappa shape index (κ2) is 13.6. The van der Waals surface area contributed by atoms with E-state index in [0.717, 1.165) is 55.3 Å². The molecule has 4 nitrogen and oxygen atoms in total. The van der Waals surface area contributed by atoms with E-state index >= 15 is 0 Å². The molecular formula is C53H30N4. The number of nitrogens with zero attached hydrogens (tertiary/aromatic N) is 4. The van der Waals surface area contributed by atoms with Crippen LogP contribution in [-0.4, -0.2) is 4.57 Å². The van der Waals surface area contributed by atoms with Crippen molar-refractivity contribution in [3.05, 3.63) is 199 Å². The first-order valence-corrected chi connectivity index (χ1v) is 18.8. The molecule has 0 radical (unpaired) electrons. The SMILES string of the molecule is N#Cc1cc(-c2ccc(-c3c4ccccc4c(-c4ccccc4)c4ccccc34)cc2)cc(-c2ccc(-n3c4ccccc4c4cc(C#N)ccc43)c(C#N)c2)c1. The monoisotopic (exact) mass is 722 g/mol. The summed E-state index contributed by atoms with van der Waals surface area (Å²) in [4.78, 5) is 0. The average molecular weight is 723 g/mol. The van der Waals surface area contributed by atoms with Gasteiger partial charge in [0, 0.05) is 10.8 Å². The molecule has 0 N–H and O–H groups in total. The van der Waals surface area contributed by atoms with Crippen LogP contribution in [0, 0.1) is 34.0 Å². The molecule has 10 rings (SSSR count). The van der Waals surface area contributed by atoms with Gasteiger partial charge in [-0.15, -0.1) is 0 Å². The number of fused-ring (bicyclic) bond motifs is 5. The van der Waals surface area contributed by atoms with Gasteiger partial charge in [-0.05, 0) is 121 Å². The Morgan fingerprint density at radius 2 is 0.825 bits per heavy atom. The van der Waals surface area contributed by atoms with Crippen LogP contribution in [0.5, 0.6) is 0 Å². The highest BCUT2D eigenvalue weighted by Gasteiger charge is 2.18. The summed E-state index contributed by atoms with van der Waals surface area (Å²) in [5.74, 6) is 0. The average Bonchev–Trinajstić information content (AvgIpc) is 3.61. The number of benzene rings is 9. The minimum atomic E-state index is 0.505. The Hall–Kier alpha value is -8.23. The fourth-order valence-corrected chi connectivity index (χ4v) is 8.51. The van der Waals surface area contributed by atoms with Crippen LogP contribution >= 0.6 is 0 Å². The zero-order chi connectivity index (χ0) is 38.5. The molecule has 57 heavy (non-hydrogen) atoms. The third kappa shape index (κ3) is 5.51. The Labute approximate surface area is 329 Å². The molecule has 0 saturated carbocycles. The first kappa shape index (κ1) is 33.3. The van der Waals surface area contributed by atoms with Gasteiger partial charge in [0.25, 0.3) is 0 Å². The molecule has 0 unspecified atom stereocenters. The third-order valence-electron chi connectivity index (χ3n) is 11.1. The van der Waals surface area contributed by atoms with E-state index in [4.69, 9.17) is 0 Å². The van der Waals surface area contributed by atoms with Gasteiger partial charge in [-0.3, -0.25) is 0 Å².